The molecule has 0 radical (unpaired) electrons. The number of alkyl halides is 4. The van der Waals surface area contributed by atoms with Crippen molar-refractivity contribution in [2.24, 2.45) is 11.8 Å². The highest BCUT2D eigenvalue weighted by Gasteiger charge is 2.87. The maximum atomic E-state index is 13.1. The lowest BCUT2D eigenvalue weighted by molar-refractivity contribution is -0.123. The topological polar surface area (TPSA) is 37.4 Å². The van der Waals surface area contributed by atoms with Crippen molar-refractivity contribution < 1.29 is 9.59 Å². The molecule has 3 aliphatic rings. The SMILES string of the molecule is O=C1[C@@H]2[C@@H](C(=O)N1c1ccccc1Cl)[C@@]1(Cl)C(Cl)=C(Cl)[C@@]2(Cl)C1(Cl)Cl. The molecule has 2 amide bonds. The minimum Gasteiger partial charge on any atom is -0.274 e. The predicted octanol–water partition coefficient (Wildman–Crippen LogP) is 5.29. The number of nitrogens with zero attached hydrogens (tertiary/aromatic N) is 1. The van der Waals surface area contributed by atoms with E-state index < -0.39 is 37.7 Å². The van der Waals surface area contributed by atoms with Gasteiger partial charge >= 0.3 is 0 Å². The van der Waals surface area contributed by atoms with E-state index in [1.807, 2.05) is 0 Å². The van der Waals surface area contributed by atoms with E-state index in [4.69, 9.17) is 81.2 Å². The van der Waals surface area contributed by atoms with Gasteiger partial charge in [-0.3, -0.25) is 9.59 Å². The fraction of sp³-hybridized carbons (Fsp3) is 0.333. The number of benzene rings is 1. The van der Waals surface area contributed by atoms with Crippen molar-refractivity contribution in [2.75, 3.05) is 4.90 Å². The molecule has 1 aromatic carbocycles. The summed E-state index contributed by atoms with van der Waals surface area (Å²) >= 11 is 44.7. The van der Waals surface area contributed by atoms with Gasteiger partial charge in [0.05, 0.1) is 32.6 Å². The molecule has 0 aromatic heterocycles. The lowest BCUT2D eigenvalue weighted by atomic mass is 9.84. The Morgan fingerprint density at radius 3 is 1.68 bits per heavy atom. The molecule has 3 nitrogen and oxygen atoms in total. The van der Waals surface area contributed by atoms with Crippen molar-refractivity contribution in [3.63, 3.8) is 0 Å². The first-order valence-electron chi connectivity index (χ1n) is 6.97. The number of hydrogen-bond donors (Lipinski definition) is 0. The second-order valence-corrected chi connectivity index (χ2v) is 9.73. The molecule has 25 heavy (non-hydrogen) atoms. The minimum atomic E-state index is -1.94. The van der Waals surface area contributed by atoms with Gasteiger partial charge in [-0.1, -0.05) is 70.1 Å². The van der Waals surface area contributed by atoms with Gasteiger partial charge in [-0.25, -0.2) is 4.90 Å². The van der Waals surface area contributed by atoms with Gasteiger partial charge in [-0.05, 0) is 12.1 Å². The maximum Gasteiger partial charge on any atom is 0.240 e. The van der Waals surface area contributed by atoms with Crippen LogP contribution in [0.3, 0.4) is 0 Å². The van der Waals surface area contributed by atoms with Crippen molar-refractivity contribution >= 4 is 98.7 Å². The van der Waals surface area contributed by atoms with Crippen LogP contribution in [0.1, 0.15) is 0 Å². The molecule has 1 heterocycles. The molecule has 132 valence electrons. The molecule has 0 unspecified atom stereocenters. The summed E-state index contributed by atoms with van der Waals surface area (Å²) in [6, 6.07) is 6.40. The second-order valence-electron chi connectivity index (χ2n) is 6.04. The maximum absolute atomic E-state index is 13.1. The number of imide groups is 1. The molecule has 1 aliphatic heterocycles. The summed E-state index contributed by atoms with van der Waals surface area (Å²) in [4.78, 5) is 23.5. The second kappa shape index (κ2) is 5.35. The molecule has 4 rings (SSSR count). The summed E-state index contributed by atoms with van der Waals surface area (Å²) in [5.74, 6) is -3.59. The van der Waals surface area contributed by atoms with Crippen molar-refractivity contribution in [3.8, 4) is 0 Å². The van der Waals surface area contributed by atoms with Gasteiger partial charge in [-0.2, -0.15) is 0 Å². The first-order valence-corrected chi connectivity index (χ1v) is 9.61. The quantitative estimate of drug-likeness (QED) is 0.405. The Kier molecular flexibility index (Phi) is 3.96. The van der Waals surface area contributed by atoms with Gasteiger partial charge in [0.2, 0.25) is 11.8 Å². The molecule has 0 spiro atoms. The first kappa shape index (κ1) is 18.5. The van der Waals surface area contributed by atoms with Gasteiger partial charge in [-0.15, -0.1) is 23.2 Å². The van der Waals surface area contributed by atoms with Crippen LogP contribution >= 0.6 is 81.2 Å². The number of fused-ring (bicyclic) bond motifs is 5. The summed E-state index contributed by atoms with van der Waals surface area (Å²) in [5.41, 5.74) is 0.218. The number of carbonyl (C=O) groups is 2. The van der Waals surface area contributed by atoms with E-state index >= 15 is 0 Å². The van der Waals surface area contributed by atoms with Crippen molar-refractivity contribution in [3.05, 3.63) is 39.4 Å². The zero-order chi connectivity index (χ0) is 18.5. The molecule has 0 N–H and O–H groups in total. The number of halogens is 7. The van der Waals surface area contributed by atoms with Crippen LogP contribution in [0.5, 0.6) is 0 Å². The van der Waals surface area contributed by atoms with Gasteiger partial charge in [0.25, 0.3) is 0 Å². The van der Waals surface area contributed by atoms with Gasteiger partial charge < -0.3 is 0 Å². The molecule has 2 bridgehead atoms. The summed E-state index contributed by atoms with van der Waals surface area (Å²) < 4.78 is -1.94. The fourth-order valence-electron chi connectivity index (χ4n) is 3.87. The highest BCUT2D eigenvalue weighted by molar-refractivity contribution is 6.67. The largest absolute Gasteiger partial charge is 0.274 e. The van der Waals surface area contributed by atoms with Crippen LogP contribution in [0.4, 0.5) is 5.69 Å². The van der Waals surface area contributed by atoms with E-state index in [1.54, 1.807) is 18.2 Å². The molecular formula is C15H6Cl7NO2. The summed E-state index contributed by atoms with van der Waals surface area (Å²) in [7, 11) is 0. The Morgan fingerprint density at radius 1 is 0.800 bits per heavy atom. The van der Waals surface area contributed by atoms with Crippen LogP contribution in [-0.2, 0) is 9.59 Å². The molecule has 2 aliphatic carbocycles. The van der Waals surface area contributed by atoms with E-state index in [2.05, 4.69) is 0 Å². The molecule has 1 saturated carbocycles. The first-order chi connectivity index (χ1) is 11.5. The molecule has 1 aromatic rings. The molecule has 2 fully saturated rings. The van der Waals surface area contributed by atoms with E-state index in [-0.39, 0.29) is 20.8 Å². The number of rotatable bonds is 1. The third-order valence-corrected chi connectivity index (χ3v) is 9.58. The summed E-state index contributed by atoms with van der Waals surface area (Å²) in [6.45, 7) is 0. The lowest BCUT2D eigenvalue weighted by Gasteiger charge is -2.34. The highest BCUT2D eigenvalue weighted by Crippen LogP contribution is 2.77. The number of anilines is 1. The van der Waals surface area contributed by atoms with Gasteiger partial charge in [0.15, 0.2) is 4.33 Å². The average Bonchev–Trinajstić information content (AvgIpc) is 2.93. The van der Waals surface area contributed by atoms with Crippen LogP contribution in [0.25, 0.3) is 0 Å². The number of allylic oxidation sites excluding steroid dienone is 2. The van der Waals surface area contributed by atoms with E-state index in [9.17, 15) is 9.59 Å². The Balaban J connectivity index is 1.94. The van der Waals surface area contributed by atoms with Crippen molar-refractivity contribution in [2.45, 2.75) is 14.1 Å². The monoisotopic (exact) mass is 477 g/mol. The average molecular weight is 480 g/mol. The van der Waals surface area contributed by atoms with Crippen LogP contribution in [0.2, 0.25) is 5.02 Å². The van der Waals surface area contributed by atoms with Crippen LogP contribution < -0.4 is 4.90 Å². The van der Waals surface area contributed by atoms with E-state index in [0.29, 0.717) is 0 Å². The molecule has 10 heteroatoms. The number of para-hydroxylation sites is 1. The Morgan fingerprint density at radius 2 is 1.24 bits per heavy atom. The summed E-state index contributed by atoms with van der Waals surface area (Å²) in [6.07, 6.45) is 0. The fourth-order valence-corrected chi connectivity index (χ4v) is 7.01. The molecule has 4 atom stereocenters. The van der Waals surface area contributed by atoms with Crippen molar-refractivity contribution in [1.29, 1.82) is 0 Å². The zero-order valence-electron chi connectivity index (χ0n) is 11.9. The number of hydrogen-bond acceptors (Lipinski definition) is 2. The van der Waals surface area contributed by atoms with Gasteiger partial charge in [0, 0.05) is 0 Å². The highest BCUT2D eigenvalue weighted by atomic mass is 35.5. The van der Waals surface area contributed by atoms with Crippen LogP contribution in [0, 0.1) is 11.8 Å². The van der Waals surface area contributed by atoms with Crippen molar-refractivity contribution in [1.82, 2.24) is 0 Å². The van der Waals surface area contributed by atoms with E-state index in [0.717, 1.165) is 4.90 Å². The van der Waals surface area contributed by atoms with Crippen LogP contribution in [0.15, 0.2) is 34.3 Å². The Labute approximate surface area is 177 Å². The number of carbonyl (C=O) groups excluding carboxylic acids is 2. The third-order valence-electron chi connectivity index (χ3n) is 5.00. The number of amides is 2. The van der Waals surface area contributed by atoms with E-state index in [1.165, 1.54) is 6.07 Å². The molecule has 1 saturated heterocycles. The molecular weight excluding hydrogens is 474 g/mol. The lowest BCUT2D eigenvalue weighted by Crippen LogP contribution is -2.50. The Hall–Kier alpha value is 0.130. The minimum absolute atomic E-state index is 0.126. The normalized spacial score (nSPS) is 38.8. The summed E-state index contributed by atoms with van der Waals surface area (Å²) in [5, 5.41) is -0.0320. The smallest absolute Gasteiger partial charge is 0.240 e. The van der Waals surface area contributed by atoms with Crippen LogP contribution in [-0.4, -0.2) is 25.9 Å². The predicted molar refractivity (Wildman–Crippen MR) is 101 cm³/mol. The standard InChI is InChI=1S/C15H6Cl7NO2/c16-5-3-1-2-4-6(5)23-11(24)7-8(12(23)25)14(20)10(18)9(17)13(7,19)15(14,21)22/h1-4,7-8H/t7-,8-,13+,14+/m0/s1. The third kappa shape index (κ3) is 1.80. The zero-order valence-corrected chi connectivity index (χ0v) is 17.2. The van der Waals surface area contributed by atoms with Gasteiger partial charge in [0.1, 0.15) is 9.75 Å². The Bertz CT molecular complexity index is 838.